The first-order valence-corrected chi connectivity index (χ1v) is 9.24. The second-order valence-electron chi connectivity index (χ2n) is 7.42. The molecule has 0 radical (unpaired) electrons. The summed E-state index contributed by atoms with van der Waals surface area (Å²) in [5.41, 5.74) is 2.73. The Morgan fingerprint density at radius 3 is 2.42 bits per heavy atom. The Hall–Kier alpha value is -1.65. The molecule has 2 rings (SSSR count). The zero-order valence-electron chi connectivity index (χ0n) is 15.3. The predicted octanol–water partition coefficient (Wildman–Crippen LogP) is 4.35. The fourth-order valence-electron chi connectivity index (χ4n) is 2.62. The summed E-state index contributed by atoms with van der Waals surface area (Å²) < 4.78 is 0. The second-order valence-corrected chi connectivity index (χ2v) is 8.40. The molecule has 0 fully saturated rings. The van der Waals surface area contributed by atoms with Crippen LogP contribution in [0.25, 0.3) is 0 Å². The number of hydrogen-bond donors (Lipinski definition) is 1. The minimum atomic E-state index is 0.0599. The maximum absolute atomic E-state index is 12.2. The van der Waals surface area contributed by atoms with Gasteiger partial charge in [-0.3, -0.25) is 9.69 Å². The van der Waals surface area contributed by atoms with Crippen LogP contribution < -0.4 is 5.32 Å². The number of thiophene rings is 1. The molecule has 1 atom stereocenters. The molecule has 0 aliphatic carbocycles. The van der Waals surface area contributed by atoms with Gasteiger partial charge < -0.3 is 5.32 Å². The molecule has 0 saturated carbocycles. The fraction of sp³-hybridized carbons (Fsp3) is 0.450. The van der Waals surface area contributed by atoms with Crippen molar-refractivity contribution in [2.24, 2.45) is 0 Å². The van der Waals surface area contributed by atoms with Gasteiger partial charge in [-0.1, -0.05) is 51.1 Å². The number of carbonyl (C=O) groups is 1. The van der Waals surface area contributed by atoms with Gasteiger partial charge in [-0.2, -0.15) is 0 Å². The van der Waals surface area contributed by atoms with Gasteiger partial charge in [-0.15, -0.1) is 11.3 Å². The molecule has 1 unspecified atom stereocenters. The molecule has 1 heterocycles. The summed E-state index contributed by atoms with van der Waals surface area (Å²) in [6.07, 6.45) is 0. The lowest BCUT2D eigenvalue weighted by Gasteiger charge is -2.21. The SMILES string of the molecule is CC(NC(=O)CN(C)Cc1ccc(C(C)(C)C)cc1)c1cccs1. The Morgan fingerprint density at radius 1 is 1.21 bits per heavy atom. The second kappa shape index (κ2) is 7.95. The van der Waals surface area contributed by atoms with Crippen molar-refractivity contribution in [1.29, 1.82) is 0 Å². The van der Waals surface area contributed by atoms with Gasteiger partial charge in [0, 0.05) is 11.4 Å². The summed E-state index contributed by atoms with van der Waals surface area (Å²) in [4.78, 5) is 15.4. The summed E-state index contributed by atoms with van der Waals surface area (Å²) >= 11 is 1.67. The van der Waals surface area contributed by atoms with E-state index in [4.69, 9.17) is 0 Å². The van der Waals surface area contributed by atoms with E-state index < -0.39 is 0 Å². The normalized spacial score (nSPS) is 13.1. The number of rotatable bonds is 6. The largest absolute Gasteiger partial charge is 0.348 e. The summed E-state index contributed by atoms with van der Waals surface area (Å²) in [7, 11) is 1.98. The topological polar surface area (TPSA) is 32.3 Å². The molecule has 0 bridgehead atoms. The summed E-state index contributed by atoms with van der Waals surface area (Å²) in [5, 5.41) is 5.09. The lowest BCUT2D eigenvalue weighted by atomic mass is 9.87. The standard InChI is InChI=1S/C20H28N2OS/c1-15(18-7-6-12-24-18)21-19(23)14-22(5)13-16-8-10-17(11-9-16)20(2,3)4/h6-12,15H,13-14H2,1-5H3,(H,21,23). The average Bonchev–Trinajstić information content (AvgIpc) is 3.00. The maximum Gasteiger partial charge on any atom is 0.234 e. The first kappa shape index (κ1) is 18.7. The number of amides is 1. The quantitative estimate of drug-likeness (QED) is 0.845. The van der Waals surface area contributed by atoms with Gasteiger partial charge in [0.25, 0.3) is 0 Å². The van der Waals surface area contributed by atoms with E-state index in [-0.39, 0.29) is 17.4 Å². The van der Waals surface area contributed by atoms with E-state index in [9.17, 15) is 4.79 Å². The molecule has 1 N–H and O–H groups in total. The van der Waals surface area contributed by atoms with Gasteiger partial charge in [0.1, 0.15) is 0 Å². The van der Waals surface area contributed by atoms with Gasteiger partial charge in [0.05, 0.1) is 12.6 Å². The van der Waals surface area contributed by atoms with Crippen molar-refractivity contribution in [1.82, 2.24) is 10.2 Å². The zero-order chi connectivity index (χ0) is 17.7. The third-order valence-electron chi connectivity index (χ3n) is 4.03. The smallest absolute Gasteiger partial charge is 0.234 e. The van der Waals surface area contributed by atoms with Crippen molar-refractivity contribution in [3.05, 3.63) is 57.8 Å². The van der Waals surface area contributed by atoms with Crippen LogP contribution in [-0.4, -0.2) is 24.4 Å². The highest BCUT2D eigenvalue weighted by atomic mass is 32.1. The van der Waals surface area contributed by atoms with Gasteiger partial charge in [0.15, 0.2) is 0 Å². The van der Waals surface area contributed by atoms with E-state index in [1.807, 2.05) is 30.3 Å². The Labute approximate surface area is 149 Å². The van der Waals surface area contributed by atoms with Crippen molar-refractivity contribution >= 4 is 17.2 Å². The highest BCUT2D eigenvalue weighted by molar-refractivity contribution is 7.10. The van der Waals surface area contributed by atoms with Crippen LogP contribution in [0, 0.1) is 0 Å². The first-order chi connectivity index (χ1) is 11.3. The van der Waals surface area contributed by atoms with Gasteiger partial charge in [0.2, 0.25) is 5.91 Å². The lowest BCUT2D eigenvalue weighted by molar-refractivity contribution is -0.122. The predicted molar refractivity (Wildman–Crippen MR) is 102 cm³/mol. The molecule has 1 aromatic heterocycles. The Kier molecular flexibility index (Phi) is 6.19. The molecular weight excluding hydrogens is 316 g/mol. The molecule has 0 aliphatic heterocycles. The van der Waals surface area contributed by atoms with Crippen LogP contribution in [0.1, 0.15) is 49.7 Å². The monoisotopic (exact) mass is 344 g/mol. The van der Waals surface area contributed by atoms with Crippen LogP contribution in [0.5, 0.6) is 0 Å². The summed E-state index contributed by atoms with van der Waals surface area (Å²) in [6.45, 7) is 9.84. The van der Waals surface area contributed by atoms with Crippen molar-refractivity contribution in [3.8, 4) is 0 Å². The van der Waals surface area contributed by atoms with E-state index in [1.54, 1.807) is 11.3 Å². The van der Waals surface area contributed by atoms with Crippen molar-refractivity contribution in [2.45, 2.75) is 45.7 Å². The minimum Gasteiger partial charge on any atom is -0.348 e. The van der Waals surface area contributed by atoms with Crippen molar-refractivity contribution < 1.29 is 4.79 Å². The number of carbonyl (C=O) groups excluding carboxylic acids is 1. The number of benzene rings is 1. The third kappa shape index (κ3) is 5.46. The summed E-state index contributed by atoms with van der Waals surface area (Å²) in [5.74, 6) is 0.0599. The first-order valence-electron chi connectivity index (χ1n) is 8.36. The maximum atomic E-state index is 12.2. The Morgan fingerprint density at radius 2 is 1.88 bits per heavy atom. The molecule has 2 aromatic rings. The van der Waals surface area contributed by atoms with Crippen LogP contribution >= 0.6 is 11.3 Å². The molecule has 0 aliphatic rings. The van der Waals surface area contributed by atoms with Crippen molar-refractivity contribution in [3.63, 3.8) is 0 Å². The lowest BCUT2D eigenvalue weighted by Crippen LogP contribution is -2.36. The van der Waals surface area contributed by atoms with Gasteiger partial charge in [-0.25, -0.2) is 0 Å². The average molecular weight is 345 g/mol. The van der Waals surface area contributed by atoms with Crippen LogP contribution in [0.4, 0.5) is 0 Å². The zero-order valence-corrected chi connectivity index (χ0v) is 16.1. The van der Waals surface area contributed by atoms with E-state index in [1.165, 1.54) is 16.0 Å². The molecule has 24 heavy (non-hydrogen) atoms. The molecule has 130 valence electrons. The molecule has 3 nitrogen and oxygen atoms in total. The minimum absolute atomic E-state index is 0.0599. The molecule has 0 spiro atoms. The highest BCUT2D eigenvalue weighted by Gasteiger charge is 2.14. The highest BCUT2D eigenvalue weighted by Crippen LogP contribution is 2.22. The molecule has 1 aromatic carbocycles. The van der Waals surface area contributed by atoms with E-state index in [0.717, 1.165) is 6.54 Å². The number of hydrogen-bond acceptors (Lipinski definition) is 3. The van der Waals surface area contributed by atoms with Crippen LogP contribution in [0.3, 0.4) is 0 Å². The van der Waals surface area contributed by atoms with E-state index >= 15 is 0 Å². The molecule has 0 saturated heterocycles. The Bertz CT molecular complexity index is 641. The van der Waals surface area contributed by atoms with Crippen LogP contribution in [0.2, 0.25) is 0 Å². The third-order valence-corrected chi connectivity index (χ3v) is 5.09. The summed E-state index contributed by atoms with van der Waals surface area (Å²) in [6, 6.07) is 12.8. The Balaban J connectivity index is 1.84. The van der Waals surface area contributed by atoms with Gasteiger partial charge >= 0.3 is 0 Å². The number of nitrogens with one attached hydrogen (secondary N) is 1. The molecule has 4 heteroatoms. The van der Waals surface area contributed by atoms with E-state index in [0.29, 0.717) is 6.54 Å². The van der Waals surface area contributed by atoms with Crippen LogP contribution in [0.15, 0.2) is 41.8 Å². The van der Waals surface area contributed by atoms with Gasteiger partial charge in [-0.05, 0) is 42.0 Å². The van der Waals surface area contributed by atoms with E-state index in [2.05, 4.69) is 56.4 Å². The van der Waals surface area contributed by atoms with Crippen molar-refractivity contribution in [2.75, 3.05) is 13.6 Å². The fourth-order valence-corrected chi connectivity index (χ4v) is 3.35. The molecule has 1 amide bonds. The van der Waals surface area contributed by atoms with Crippen LogP contribution in [-0.2, 0) is 16.8 Å². The molecular formula is C20H28N2OS. The number of nitrogens with zero attached hydrogens (tertiary/aromatic N) is 1. The number of likely N-dealkylation sites (N-methyl/N-ethyl adjacent to an activating group) is 1.